The highest BCUT2D eigenvalue weighted by Crippen LogP contribution is 2.26. The standard InChI is InChI=1S/C24H28N2O2/c1-19(27)6-7-20-8-10-22(11-9-20)26-18-21(23-4-2-3-5-24(23)26)12-13-25-14-16-28-17-15-25/h2-5,8-11,18H,6-7,12-17H2,1H3. The normalized spacial score (nSPS) is 15.2. The number of ether oxygens (including phenoxy) is 1. The van der Waals surface area contributed by atoms with Crippen molar-refractivity contribution >= 4 is 16.7 Å². The summed E-state index contributed by atoms with van der Waals surface area (Å²) in [5.74, 6) is 0.241. The molecule has 0 radical (unpaired) electrons. The summed E-state index contributed by atoms with van der Waals surface area (Å²) in [5.41, 5.74) is 5.02. The van der Waals surface area contributed by atoms with Crippen LogP contribution in [0.2, 0.25) is 0 Å². The van der Waals surface area contributed by atoms with Gasteiger partial charge in [0.1, 0.15) is 5.78 Å². The van der Waals surface area contributed by atoms with E-state index in [0.717, 1.165) is 45.7 Å². The van der Waals surface area contributed by atoms with Crippen LogP contribution in [0.3, 0.4) is 0 Å². The predicted octanol–water partition coefficient (Wildman–Crippen LogP) is 4.03. The molecule has 2 heterocycles. The minimum Gasteiger partial charge on any atom is -0.379 e. The molecule has 0 atom stereocenters. The number of rotatable bonds is 7. The van der Waals surface area contributed by atoms with Gasteiger partial charge in [0.25, 0.3) is 0 Å². The summed E-state index contributed by atoms with van der Waals surface area (Å²) < 4.78 is 7.75. The predicted molar refractivity (Wildman–Crippen MR) is 113 cm³/mol. The maximum absolute atomic E-state index is 11.2. The Balaban J connectivity index is 1.56. The molecule has 0 unspecified atom stereocenters. The van der Waals surface area contributed by atoms with Crippen molar-refractivity contribution < 1.29 is 9.53 Å². The number of fused-ring (bicyclic) bond motifs is 1. The van der Waals surface area contributed by atoms with Crippen LogP contribution in [-0.2, 0) is 22.4 Å². The van der Waals surface area contributed by atoms with Crippen LogP contribution in [0.1, 0.15) is 24.5 Å². The van der Waals surface area contributed by atoms with Gasteiger partial charge in [-0.25, -0.2) is 0 Å². The summed E-state index contributed by atoms with van der Waals surface area (Å²) in [6.45, 7) is 6.47. The Kier molecular flexibility index (Phi) is 5.89. The summed E-state index contributed by atoms with van der Waals surface area (Å²) in [5, 5.41) is 1.33. The first-order chi connectivity index (χ1) is 13.7. The third-order valence-electron chi connectivity index (χ3n) is 5.58. The molecular weight excluding hydrogens is 348 g/mol. The van der Waals surface area contributed by atoms with E-state index >= 15 is 0 Å². The van der Waals surface area contributed by atoms with Crippen LogP contribution in [0.5, 0.6) is 0 Å². The van der Waals surface area contributed by atoms with Crippen LogP contribution < -0.4 is 0 Å². The van der Waals surface area contributed by atoms with Gasteiger partial charge in [-0.05, 0) is 49.1 Å². The number of aromatic nitrogens is 1. The van der Waals surface area contributed by atoms with Gasteiger partial charge in [-0.1, -0.05) is 30.3 Å². The first-order valence-corrected chi connectivity index (χ1v) is 10.2. The van der Waals surface area contributed by atoms with Gasteiger partial charge < -0.3 is 14.1 Å². The van der Waals surface area contributed by atoms with Gasteiger partial charge >= 0.3 is 0 Å². The maximum Gasteiger partial charge on any atom is 0.130 e. The second kappa shape index (κ2) is 8.72. The number of hydrogen-bond acceptors (Lipinski definition) is 3. The number of hydrogen-bond donors (Lipinski definition) is 0. The topological polar surface area (TPSA) is 34.5 Å². The number of carbonyl (C=O) groups excluding carboxylic acids is 1. The molecule has 1 aromatic heterocycles. The molecule has 0 bridgehead atoms. The van der Waals surface area contributed by atoms with Crippen LogP contribution in [0.25, 0.3) is 16.6 Å². The van der Waals surface area contributed by atoms with Crippen LogP contribution in [0.15, 0.2) is 54.7 Å². The zero-order valence-electron chi connectivity index (χ0n) is 16.6. The summed E-state index contributed by atoms with van der Waals surface area (Å²) in [7, 11) is 0. The molecule has 4 nitrogen and oxygen atoms in total. The molecule has 4 rings (SSSR count). The fourth-order valence-corrected chi connectivity index (χ4v) is 3.91. The number of para-hydroxylation sites is 1. The Morgan fingerprint density at radius 2 is 1.75 bits per heavy atom. The maximum atomic E-state index is 11.2. The number of aryl methyl sites for hydroxylation is 1. The van der Waals surface area contributed by atoms with E-state index in [4.69, 9.17) is 4.74 Å². The highest BCUT2D eigenvalue weighted by Gasteiger charge is 2.13. The summed E-state index contributed by atoms with van der Waals surface area (Å²) in [6, 6.07) is 17.2. The van der Waals surface area contributed by atoms with E-state index in [9.17, 15) is 4.79 Å². The van der Waals surface area contributed by atoms with Gasteiger partial charge in [0.2, 0.25) is 0 Å². The fourth-order valence-electron chi connectivity index (χ4n) is 3.91. The lowest BCUT2D eigenvalue weighted by Gasteiger charge is -2.26. The molecule has 146 valence electrons. The Labute approximate surface area is 166 Å². The van der Waals surface area contributed by atoms with Crippen molar-refractivity contribution in [2.45, 2.75) is 26.2 Å². The average Bonchev–Trinajstić information content (AvgIpc) is 3.11. The van der Waals surface area contributed by atoms with Gasteiger partial charge in [0, 0.05) is 43.3 Å². The molecule has 3 aromatic rings. The Morgan fingerprint density at radius 1 is 1.00 bits per heavy atom. The second-order valence-corrected chi connectivity index (χ2v) is 7.61. The van der Waals surface area contributed by atoms with Gasteiger partial charge in [-0.3, -0.25) is 4.90 Å². The zero-order chi connectivity index (χ0) is 19.3. The van der Waals surface area contributed by atoms with E-state index in [-0.39, 0.29) is 5.78 Å². The molecule has 1 aliphatic rings. The zero-order valence-corrected chi connectivity index (χ0v) is 16.6. The average molecular weight is 377 g/mol. The van der Waals surface area contributed by atoms with Gasteiger partial charge in [-0.2, -0.15) is 0 Å². The fraction of sp³-hybridized carbons (Fsp3) is 0.375. The molecule has 0 saturated carbocycles. The Bertz CT molecular complexity index is 937. The lowest BCUT2D eigenvalue weighted by molar-refractivity contribution is -0.116. The number of benzene rings is 2. The number of morpholine rings is 1. The van der Waals surface area contributed by atoms with Crippen molar-refractivity contribution in [3.05, 3.63) is 65.9 Å². The highest BCUT2D eigenvalue weighted by molar-refractivity contribution is 5.85. The van der Waals surface area contributed by atoms with E-state index in [1.54, 1.807) is 6.92 Å². The molecule has 1 fully saturated rings. The first-order valence-electron chi connectivity index (χ1n) is 10.2. The van der Waals surface area contributed by atoms with Gasteiger partial charge in [0.05, 0.1) is 18.7 Å². The van der Waals surface area contributed by atoms with Crippen molar-refractivity contribution in [3.63, 3.8) is 0 Å². The SMILES string of the molecule is CC(=O)CCc1ccc(-n2cc(CCN3CCOCC3)c3ccccc32)cc1. The molecule has 0 spiro atoms. The van der Waals surface area contributed by atoms with Crippen molar-refractivity contribution in [2.75, 3.05) is 32.8 Å². The van der Waals surface area contributed by atoms with Crippen molar-refractivity contribution in [1.29, 1.82) is 0 Å². The molecule has 4 heteroatoms. The molecular formula is C24H28N2O2. The molecule has 1 saturated heterocycles. The lowest BCUT2D eigenvalue weighted by Crippen LogP contribution is -2.37. The van der Waals surface area contributed by atoms with E-state index in [1.807, 2.05) is 0 Å². The molecule has 0 aliphatic carbocycles. The van der Waals surface area contributed by atoms with Gasteiger partial charge in [-0.15, -0.1) is 0 Å². The minimum absolute atomic E-state index is 0.241. The largest absolute Gasteiger partial charge is 0.379 e. The Hall–Kier alpha value is -2.43. The van der Waals surface area contributed by atoms with E-state index in [2.05, 4.69) is 64.2 Å². The number of nitrogens with zero attached hydrogens (tertiary/aromatic N) is 2. The number of Topliss-reactive ketones (excluding diaryl/α,β-unsaturated/α-hetero) is 1. The third-order valence-corrected chi connectivity index (χ3v) is 5.58. The number of carbonyl (C=O) groups is 1. The van der Waals surface area contributed by atoms with Crippen LogP contribution in [0, 0.1) is 0 Å². The minimum atomic E-state index is 0.241. The van der Waals surface area contributed by atoms with E-state index < -0.39 is 0 Å². The molecule has 28 heavy (non-hydrogen) atoms. The second-order valence-electron chi connectivity index (χ2n) is 7.61. The monoisotopic (exact) mass is 376 g/mol. The Morgan fingerprint density at radius 3 is 2.50 bits per heavy atom. The van der Waals surface area contributed by atoms with Crippen LogP contribution in [0.4, 0.5) is 0 Å². The quantitative estimate of drug-likeness (QED) is 0.624. The van der Waals surface area contributed by atoms with Gasteiger partial charge in [0.15, 0.2) is 0 Å². The molecule has 1 aliphatic heterocycles. The van der Waals surface area contributed by atoms with E-state index in [0.29, 0.717) is 6.42 Å². The molecule has 2 aromatic carbocycles. The third kappa shape index (κ3) is 4.34. The highest BCUT2D eigenvalue weighted by atomic mass is 16.5. The lowest BCUT2D eigenvalue weighted by atomic mass is 10.1. The van der Waals surface area contributed by atoms with Crippen molar-refractivity contribution in [2.24, 2.45) is 0 Å². The summed E-state index contributed by atoms with van der Waals surface area (Å²) in [6.07, 6.45) is 4.75. The van der Waals surface area contributed by atoms with E-state index in [1.165, 1.54) is 27.7 Å². The molecule has 0 N–H and O–H groups in total. The van der Waals surface area contributed by atoms with Crippen LogP contribution >= 0.6 is 0 Å². The first kappa shape index (κ1) is 18.9. The number of ketones is 1. The van der Waals surface area contributed by atoms with Crippen LogP contribution in [-0.4, -0.2) is 48.1 Å². The molecule has 0 amide bonds. The summed E-state index contributed by atoms with van der Waals surface area (Å²) in [4.78, 5) is 13.7. The summed E-state index contributed by atoms with van der Waals surface area (Å²) >= 11 is 0. The van der Waals surface area contributed by atoms with Crippen molar-refractivity contribution in [3.8, 4) is 5.69 Å². The smallest absolute Gasteiger partial charge is 0.130 e. The van der Waals surface area contributed by atoms with Crippen molar-refractivity contribution in [1.82, 2.24) is 9.47 Å².